The Morgan fingerprint density at radius 2 is 2.05 bits per heavy atom. The molecule has 1 aliphatic carbocycles. The van der Waals surface area contributed by atoms with Crippen LogP contribution in [0.3, 0.4) is 0 Å². The molecule has 1 aliphatic rings. The number of fused-ring (bicyclic) bond motifs is 1. The van der Waals surface area contributed by atoms with E-state index in [0.717, 1.165) is 29.3 Å². The summed E-state index contributed by atoms with van der Waals surface area (Å²) in [6.45, 7) is 0. The maximum Gasteiger partial charge on any atom is 0.197 e. The fraction of sp³-hybridized carbons (Fsp3) is 0.611. The number of rotatable bonds is 6. The Hall–Kier alpha value is -1.35. The van der Waals surface area contributed by atoms with Crippen LogP contribution in [0.25, 0.3) is 11.1 Å². The number of nitrogens with zero attached hydrogens (tertiary/aromatic N) is 1. The SMILES string of the molecule is CNC(CCC1CCCCC1)Cc1nc2ccccc2o1. The second kappa shape index (κ2) is 7.08. The van der Waals surface area contributed by atoms with E-state index in [4.69, 9.17) is 4.42 Å². The highest BCUT2D eigenvalue weighted by Crippen LogP contribution is 2.28. The molecule has 0 amide bonds. The molecule has 114 valence electrons. The average molecular weight is 286 g/mol. The second-order valence-electron chi connectivity index (χ2n) is 6.35. The Balaban J connectivity index is 1.55. The molecule has 1 aromatic carbocycles. The van der Waals surface area contributed by atoms with Crippen molar-refractivity contribution in [2.45, 2.75) is 57.4 Å². The van der Waals surface area contributed by atoms with Gasteiger partial charge < -0.3 is 9.73 Å². The van der Waals surface area contributed by atoms with Crippen molar-refractivity contribution in [3.63, 3.8) is 0 Å². The smallest absolute Gasteiger partial charge is 0.197 e. The number of nitrogens with one attached hydrogen (secondary N) is 1. The minimum atomic E-state index is 0.472. The monoisotopic (exact) mass is 286 g/mol. The summed E-state index contributed by atoms with van der Waals surface area (Å²) < 4.78 is 5.84. The summed E-state index contributed by atoms with van der Waals surface area (Å²) in [4.78, 5) is 4.59. The second-order valence-corrected chi connectivity index (χ2v) is 6.35. The molecule has 0 aliphatic heterocycles. The summed E-state index contributed by atoms with van der Waals surface area (Å²) in [6, 6.07) is 8.48. The number of likely N-dealkylation sites (N-methyl/N-ethyl adjacent to an activating group) is 1. The normalized spacial score (nSPS) is 18.1. The van der Waals surface area contributed by atoms with Crippen molar-refractivity contribution < 1.29 is 4.42 Å². The predicted molar refractivity (Wildman–Crippen MR) is 86.4 cm³/mol. The van der Waals surface area contributed by atoms with Gasteiger partial charge in [0.15, 0.2) is 11.5 Å². The Morgan fingerprint density at radius 1 is 1.24 bits per heavy atom. The molecule has 1 unspecified atom stereocenters. The van der Waals surface area contributed by atoms with Gasteiger partial charge in [-0.1, -0.05) is 44.2 Å². The zero-order valence-corrected chi connectivity index (χ0v) is 13.0. The number of oxazole rings is 1. The maximum atomic E-state index is 5.84. The molecule has 1 atom stereocenters. The highest BCUT2D eigenvalue weighted by Gasteiger charge is 2.17. The molecule has 3 rings (SSSR count). The van der Waals surface area contributed by atoms with Crippen LogP contribution in [-0.2, 0) is 6.42 Å². The lowest BCUT2D eigenvalue weighted by atomic mass is 9.85. The van der Waals surface area contributed by atoms with Crippen molar-refractivity contribution in [3.05, 3.63) is 30.2 Å². The number of aromatic nitrogens is 1. The molecule has 0 bridgehead atoms. The molecule has 1 fully saturated rings. The van der Waals surface area contributed by atoms with Crippen LogP contribution in [0.2, 0.25) is 0 Å². The van der Waals surface area contributed by atoms with Crippen molar-refractivity contribution >= 4 is 11.1 Å². The Bertz CT molecular complexity index is 524. The maximum absolute atomic E-state index is 5.84. The third-order valence-corrected chi connectivity index (χ3v) is 4.82. The van der Waals surface area contributed by atoms with Crippen molar-refractivity contribution in [1.29, 1.82) is 0 Å². The zero-order chi connectivity index (χ0) is 14.5. The minimum absolute atomic E-state index is 0.472. The molecule has 1 N–H and O–H groups in total. The summed E-state index contributed by atoms with van der Waals surface area (Å²) in [5, 5.41) is 3.43. The van der Waals surface area contributed by atoms with E-state index in [1.54, 1.807) is 0 Å². The lowest BCUT2D eigenvalue weighted by Gasteiger charge is -2.23. The topological polar surface area (TPSA) is 38.1 Å². The first-order valence-corrected chi connectivity index (χ1v) is 8.37. The third-order valence-electron chi connectivity index (χ3n) is 4.82. The first kappa shape index (κ1) is 14.6. The molecule has 3 heteroatoms. The van der Waals surface area contributed by atoms with Crippen LogP contribution in [-0.4, -0.2) is 18.1 Å². The average Bonchev–Trinajstić information content (AvgIpc) is 2.94. The first-order chi connectivity index (χ1) is 10.3. The van der Waals surface area contributed by atoms with E-state index in [1.165, 1.54) is 44.9 Å². The molecule has 1 aromatic heterocycles. The van der Waals surface area contributed by atoms with Crippen LogP contribution in [0.4, 0.5) is 0 Å². The lowest BCUT2D eigenvalue weighted by Crippen LogP contribution is -2.28. The van der Waals surface area contributed by atoms with Gasteiger partial charge in [-0.05, 0) is 37.9 Å². The zero-order valence-electron chi connectivity index (χ0n) is 13.0. The Morgan fingerprint density at radius 3 is 2.81 bits per heavy atom. The summed E-state index contributed by atoms with van der Waals surface area (Å²) in [5.74, 6) is 1.80. The number of benzene rings is 1. The molecule has 1 saturated carbocycles. The van der Waals surface area contributed by atoms with E-state index < -0.39 is 0 Å². The lowest BCUT2D eigenvalue weighted by molar-refractivity contribution is 0.312. The van der Waals surface area contributed by atoms with Gasteiger partial charge in [0.1, 0.15) is 5.52 Å². The van der Waals surface area contributed by atoms with Crippen LogP contribution >= 0.6 is 0 Å². The largest absolute Gasteiger partial charge is 0.441 e. The summed E-state index contributed by atoms with van der Waals surface area (Å²) in [6.07, 6.45) is 10.6. The van der Waals surface area contributed by atoms with Gasteiger partial charge in [0.25, 0.3) is 0 Å². The van der Waals surface area contributed by atoms with Gasteiger partial charge in [0, 0.05) is 12.5 Å². The van der Waals surface area contributed by atoms with E-state index in [9.17, 15) is 0 Å². The van der Waals surface area contributed by atoms with Crippen LogP contribution < -0.4 is 5.32 Å². The minimum Gasteiger partial charge on any atom is -0.441 e. The third kappa shape index (κ3) is 3.85. The molecule has 2 aromatic rings. The van der Waals surface area contributed by atoms with Crippen molar-refractivity contribution in [3.8, 4) is 0 Å². The molecular formula is C18H26N2O. The van der Waals surface area contributed by atoms with Gasteiger partial charge in [-0.3, -0.25) is 0 Å². The fourth-order valence-electron chi connectivity index (χ4n) is 3.48. The van der Waals surface area contributed by atoms with Crippen LogP contribution in [0.15, 0.2) is 28.7 Å². The standard InChI is InChI=1S/C18H26N2O/c1-19-15(12-11-14-7-3-2-4-8-14)13-18-20-16-9-5-6-10-17(16)21-18/h5-6,9-10,14-15,19H,2-4,7-8,11-13H2,1H3. The van der Waals surface area contributed by atoms with Crippen molar-refractivity contribution in [2.75, 3.05) is 7.05 Å². The number of para-hydroxylation sites is 2. The van der Waals surface area contributed by atoms with Crippen LogP contribution in [0.5, 0.6) is 0 Å². The predicted octanol–water partition coefficient (Wildman–Crippen LogP) is 4.32. The summed E-state index contributed by atoms with van der Waals surface area (Å²) in [5.41, 5.74) is 1.87. The molecule has 0 radical (unpaired) electrons. The van der Waals surface area contributed by atoms with Crippen molar-refractivity contribution in [1.82, 2.24) is 10.3 Å². The quantitative estimate of drug-likeness (QED) is 0.859. The molecule has 3 nitrogen and oxygen atoms in total. The highest BCUT2D eigenvalue weighted by molar-refractivity contribution is 5.72. The number of hydrogen-bond donors (Lipinski definition) is 1. The van der Waals surface area contributed by atoms with Gasteiger partial charge >= 0.3 is 0 Å². The van der Waals surface area contributed by atoms with Gasteiger partial charge in [0.2, 0.25) is 0 Å². The number of hydrogen-bond acceptors (Lipinski definition) is 3. The fourth-order valence-corrected chi connectivity index (χ4v) is 3.48. The Labute approximate surface area is 127 Å². The van der Waals surface area contributed by atoms with Gasteiger partial charge in [-0.25, -0.2) is 4.98 Å². The molecular weight excluding hydrogens is 260 g/mol. The molecule has 0 saturated heterocycles. The van der Waals surface area contributed by atoms with Crippen molar-refractivity contribution in [2.24, 2.45) is 5.92 Å². The van der Waals surface area contributed by atoms with Gasteiger partial charge in [-0.15, -0.1) is 0 Å². The molecule has 21 heavy (non-hydrogen) atoms. The van der Waals surface area contributed by atoms with E-state index in [1.807, 2.05) is 31.3 Å². The van der Waals surface area contributed by atoms with E-state index in [2.05, 4.69) is 10.3 Å². The van der Waals surface area contributed by atoms with E-state index in [0.29, 0.717) is 6.04 Å². The Kier molecular flexibility index (Phi) is 4.91. The summed E-state index contributed by atoms with van der Waals surface area (Å²) >= 11 is 0. The van der Waals surface area contributed by atoms with E-state index >= 15 is 0 Å². The van der Waals surface area contributed by atoms with Crippen LogP contribution in [0.1, 0.15) is 50.8 Å². The summed E-state index contributed by atoms with van der Waals surface area (Å²) in [7, 11) is 2.05. The first-order valence-electron chi connectivity index (χ1n) is 8.37. The molecule has 0 spiro atoms. The highest BCUT2D eigenvalue weighted by atomic mass is 16.3. The van der Waals surface area contributed by atoms with Gasteiger partial charge in [-0.2, -0.15) is 0 Å². The molecule has 1 heterocycles. The van der Waals surface area contributed by atoms with Gasteiger partial charge in [0.05, 0.1) is 0 Å². The van der Waals surface area contributed by atoms with E-state index in [-0.39, 0.29) is 0 Å². The van der Waals surface area contributed by atoms with Crippen LogP contribution in [0, 0.1) is 5.92 Å².